The van der Waals surface area contributed by atoms with Crippen LogP contribution in [0.3, 0.4) is 0 Å². The van der Waals surface area contributed by atoms with Gasteiger partial charge >= 0.3 is 0 Å². The molecule has 0 bridgehead atoms. The molecule has 0 fully saturated rings. The number of nitrogens with one attached hydrogen (secondary N) is 1. The van der Waals surface area contributed by atoms with Crippen LogP contribution in [0.5, 0.6) is 0 Å². The highest BCUT2D eigenvalue weighted by molar-refractivity contribution is 5.76. The molecule has 0 aromatic carbocycles. The van der Waals surface area contributed by atoms with Gasteiger partial charge in [0.2, 0.25) is 5.91 Å². The van der Waals surface area contributed by atoms with Crippen molar-refractivity contribution in [1.29, 1.82) is 0 Å². The fraction of sp³-hybridized carbons (Fsp3) is 0.750. The standard InChI is InChI=1S/C8H16NO/c1-4-5-6-8(10)9-7(2)3/h7H,2,4-6H2,1,3H3,(H,9,10). The van der Waals surface area contributed by atoms with Crippen molar-refractivity contribution in [2.45, 2.75) is 39.2 Å². The van der Waals surface area contributed by atoms with Crippen LogP contribution in [0.4, 0.5) is 0 Å². The Labute approximate surface area is 63.0 Å². The summed E-state index contributed by atoms with van der Waals surface area (Å²) in [5.41, 5.74) is 0. The molecule has 0 rings (SSSR count). The second-order valence-electron chi connectivity index (χ2n) is 2.57. The van der Waals surface area contributed by atoms with Crippen LogP contribution in [-0.4, -0.2) is 11.9 Å². The van der Waals surface area contributed by atoms with Gasteiger partial charge in [-0.05, 0) is 20.3 Å². The van der Waals surface area contributed by atoms with E-state index in [9.17, 15) is 4.79 Å². The highest BCUT2D eigenvalue weighted by atomic mass is 16.1. The highest BCUT2D eigenvalue weighted by Crippen LogP contribution is 1.93. The van der Waals surface area contributed by atoms with Crippen LogP contribution < -0.4 is 5.32 Å². The molecule has 1 atom stereocenters. The van der Waals surface area contributed by atoms with Gasteiger partial charge in [0.15, 0.2) is 0 Å². The summed E-state index contributed by atoms with van der Waals surface area (Å²) < 4.78 is 0. The van der Waals surface area contributed by atoms with Crippen LogP contribution >= 0.6 is 0 Å². The Kier molecular flexibility index (Phi) is 4.99. The Morgan fingerprint density at radius 3 is 2.70 bits per heavy atom. The summed E-state index contributed by atoms with van der Waals surface area (Å²) in [5, 5.41) is 2.73. The maximum Gasteiger partial charge on any atom is 0.220 e. The van der Waals surface area contributed by atoms with E-state index in [-0.39, 0.29) is 11.9 Å². The summed E-state index contributed by atoms with van der Waals surface area (Å²) in [7, 11) is 0. The first-order valence-corrected chi connectivity index (χ1v) is 3.79. The first-order chi connectivity index (χ1) is 4.66. The van der Waals surface area contributed by atoms with E-state index in [4.69, 9.17) is 0 Å². The van der Waals surface area contributed by atoms with Gasteiger partial charge in [-0.15, -0.1) is 0 Å². The monoisotopic (exact) mass is 142 g/mol. The molecule has 0 aliphatic carbocycles. The average molecular weight is 142 g/mol. The molecule has 59 valence electrons. The minimum Gasteiger partial charge on any atom is -0.354 e. The van der Waals surface area contributed by atoms with E-state index in [1.807, 2.05) is 6.92 Å². The van der Waals surface area contributed by atoms with Crippen molar-refractivity contribution >= 4 is 5.91 Å². The Balaban J connectivity index is 3.26. The van der Waals surface area contributed by atoms with Gasteiger partial charge in [0.05, 0.1) is 0 Å². The first-order valence-electron chi connectivity index (χ1n) is 3.79. The molecule has 0 saturated heterocycles. The van der Waals surface area contributed by atoms with Crippen LogP contribution in [0.2, 0.25) is 0 Å². The van der Waals surface area contributed by atoms with Gasteiger partial charge in [0, 0.05) is 12.5 Å². The zero-order valence-electron chi connectivity index (χ0n) is 6.81. The van der Waals surface area contributed by atoms with Crippen molar-refractivity contribution in [2.75, 3.05) is 0 Å². The fourth-order valence-electron chi connectivity index (χ4n) is 0.684. The van der Waals surface area contributed by atoms with E-state index in [1.54, 1.807) is 0 Å². The topological polar surface area (TPSA) is 29.1 Å². The molecule has 1 amide bonds. The third-order valence-corrected chi connectivity index (χ3v) is 1.16. The Hall–Kier alpha value is -0.530. The normalized spacial score (nSPS) is 10.0. The fourth-order valence-corrected chi connectivity index (χ4v) is 0.684. The molecule has 0 aromatic heterocycles. The zero-order chi connectivity index (χ0) is 7.98. The molecule has 1 unspecified atom stereocenters. The number of amides is 1. The first kappa shape index (κ1) is 9.47. The van der Waals surface area contributed by atoms with Gasteiger partial charge in [0.1, 0.15) is 0 Å². The van der Waals surface area contributed by atoms with Crippen molar-refractivity contribution in [3.05, 3.63) is 6.92 Å². The molecule has 2 heteroatoms. The van der Waals surface area contributed by atoms with Crippen molar-refractivity contribution in [2.24, 2.45) is 0 Å². The maximum atomic E-state index is 10.9. The van der Waals surface area contributed by atoms with Crippen LogP contribution in [0.15, 0.2) is 0 Å². The number of carbonyl (C=O) groups excluding carboxylic acids is 1. The molecule has 0 aromatic rings. The van der Waals surface area contributed by atoms with E-state index < -0.39 is 0 Å². The number of hydrogen-bond acceptors (Lipinski definition) is 1. The van der Waals surface area contributed by atoms with Crippen LogP contribution in [0, 0.1) is 6.92 Å². The Morgan fingerprint density at radius 2 is 2.30 bits per heavy atom. The van der Waals surface area contributed by atoms with Crippen LogP contribution in [0.25, 0.3) is 0 Å². The molecule has 10 heavy (non-hydrogen) atoms. The lowest BCUT2D eigenvalue weighted by Crippen LogP contribution is -2.29. The minimum atomic E-state index is 0.0318. The molecule has 0 heterocycles. The van der Waals surface area contributed by atoms with E-state index in [2.05, 4.69) is 19.2 Å². The number of unbranched alkanes of at least 4 members (excludes halogenated alkanes) is 1. The summed E-state index contributed by atoms with van der Waals surface area (Å²) in [6.07, 6.45) is 2.67. The zero-order valence-corrected chi connectivity index (χ0v) is 6.81. The van der Waals surface area contributed by atoms with Gasteiger partial charge < -0.3 is 5.32 Å². The summed E-state index contributed by atoms with van der Waals surface area (Å²) >= 11 is 0. The summed E-state index contributed by atoms with van der Waals surface area (Å²) in [5.74, 6) is 0.115. The summed E-state index contributed by atoms with van der Waals surface area (Å²) in [4.78, 5) is 10.9. The highest BCUT2D eigenvalue weighted by Gasteiger charge is 2.00. The number of hydrogen-bond donors (Lipinski definition) is 1. The minimum absolute atomic E-state index is 0.0318. The van der Waals surface area contributed by atoms with E-state index in [0.717, 1.165) is 12.8 Å². The molecule has 0 aliphatic heterocycles. The molecule has 0 spiro atoms. The largest absolute Gasteiger partial charge is 0.354 e. The van der Waals surface area contributed by atoms with Crippen molar-refractivity contribution < 1.29 is 4.79 Å². The van der Waals surface area contributed by atoms with Gasteiger partial charge in [-0.3, -0.25) is 4.79 Å². The number of rotatable bonds is 4. The van der Waals surface area contributed by atoms with E-state index >= 15 is 0 Å². The molecule has 2 nitrogen and oxygen atoms in total. The van der Waals surface area contributed by atoms with E-state index in [1.165, 1.54) is 0 Å². The van der Waals surface area contributed by atoms with Crippen molar-refractivity contribution in [3.8, 4) is 0 Å². The number of carbonyl (C=O) groups is 1. The summed E-state index contributed by atoms with van der Waals surface area (Å²) in [6, 6.07) is 0.0318. The lowest BCUT2D eigenvalue weighted by Gasteiger charge is -2.06. The van der Waals surface area contributed by atoms with Gasteiger partial charge in [-0.2, -0.15) is 0 Å². The maximum absolute atomic E-state index is 10.9. The third-order valence-electron chi connectivity index (χ3n) is 1.16. The summed E-state index contributed by atoms with van der Waals surface area (Å²) in [6.45, 7) is 7.59. The Morgan fingerprint density at radius 1 is 1.70 bits per heavy atom. The molecule has 0 saturated carbocycles. The smallest absolute Gasteiger partial charge is 0.220 e. The van der Waals surface area contributed by atoms with Crippen molar-refractivity contribution in [1.82, 2.24) is 5.32 Å². The molecular weight excluding hydrogens is 126 g/mol. The van der Waals surface area contributed by atoms with Gasteiger partial charge in [-0.25, -0.2) is 0 Å². The SMILES string of the molecule is [CH2]C(C)NC(=O)CCCC. The predicted molar refractivity (Wildman–Crippen MR) is 42.5 cm³/mol. The van der Waals surface area contributed by atoms with E-state index in [0.29, 0.717) is 6.42 Å². The second kappa shape index (κ2) is 5.27. The van der Waals surface area contributed by atoms with Gasteiger partial charge in [-0.1, -0.05) is 13.3 Å². The second-order valence-corrected chi connectivity index (χ2v) is 2.57. The molecule has 1 N–H and O–H groups in total. The Bertz CT molecular complexity index is 99.4. The van der Waals surface area contributed by atoms with Crippen molar-refractivity contribution in [3.63, 3.8) is 0 Å². The molecule has 1 radical (unpaired) electrons. The molecule has 0 aliphatic rings. The predicted octanol–water partition coefficient (Wildman–Crippen LogP) is 1.52. The third kappa shape index (κ3) is 5.60. The van der Waals surface area contributed by atoms with Crippen LogP contribution in [-0.2, 0) is 4.79 Å². The molecular formula is C8H16NO. The van der Waals surface area contributed by atoms with Crippen LogP contribution in [0.1, 0.15) is 33.1 Å². The quantitative estimate of drug-likeness (QED) is 0.633. The lowest BCUT2D eigenvalue weighted by atomic mass is 10.2. The van der Waals surface area contributed by atoms with Gasteiger partial charge in [0.25, 0.3) is 0 Å². The average Bonchev–Trinajstić information content (AvgIpc) is 1.82. The lowest BCUT2D eigenvalue weighted by molar-refractivity contribution is -0.121.